The number of benzene rings is 2. The molecule has 1 fully saturated rings. The largest absolute Gasteiger partial charge is 0.457 e. The smallest absolute Gasteiger partial charge is 0.267 e. The number of aliphatic hydroxyl groups is 1. The van der Waals surface area contributed by atoms with Crippen LogP contribution in [0.5, 0.6) is 11.5 Å². The van der Waals surface area contributed by atoms with E-state index in [1.165, 1.54) is 35.4 Å². The van der Waals surface area contributed by atoms with Gasteiger partial charge in [0, 0.05) is 24.1 Å². The van der Waals surface area contributed by atoms with E-state index in [0.29, 0.717) is 46.7 Å². The van der Waals surface area contributed by atoms with Gasteiger partial charge in [-0.05, 0) is 73.5 Å². The second-order valence-electron chi connectivity index (χ2n) is 8.89. The number of halogens is 1. The lowest BCUT2D eigenvalue weighted by molar-refractivity contribution is -0.133. The maximum Gasteiger partial charge on any atom is 0.267 e. The Morgan fingerprint density at radius 3 is 2.34 bits per heavy atom. The molecule has 0 spiro atoms. The molecule has 2 aromatic heterocycles. The van der Waals surface area contributed by atoms with Gasteiger partial charge in [0.25, 0.3) is 5.91 Å². The predicted molar refractivity (Wildman–Crippen MR) is 136 cm³/mol. The van der Waals surface area contributed by atoms with Gasteiger partial charge in [0.1, 0.15) is 34.1 Å². The summed E-state index contributed by atoms with van der Waals surface area (Å²) in [5.41, 5.74) is 5.83. The number of nitrogens with two attached hydrogens (primary N) is 1. The fourth-order valence-electron chi connectivity index (χ4n) is 4.15. The second kappa shape index (κ2) is 9.94. The number of amides is 3. The molecule has 2 aromatic carbocycles. The number of hydrogen-bond donors (Lipinski definition) is 4. The van der Waals surface area contributed by atoms with Crippen LogP contribution in [0.3, 0.4) is 0 Å². The molecule has 0 atom stereocenters. The van der Waals surface area contributed by atoms with Gasteiger partial charge in [0.2, 0.25) is 11.8 Å². The van der Waals surface area contributed by atoms with Crippen LogP contribution >= 0.6 is 0 Å². The fraction of sp³-hybridized carbons (Fsp3) is 0.185. The zero-order chi connectivity index (χ0) is 26.9. The van der Waals surface area contributed by atoms with Crippen LogP contribution in [0.15, 0.2) is 66.9 Å². The van der Waals surface area contributed by atoms with E-state index < -0.39 is 23.0 Å². The van der Waals surface area contributed by atoms with Gasteiger partial charge in [-0.3, -0.25) is 19.3 Å². The molecule has 3 amide bonds. The predicted octanol–water partition coefficient (Wildman–Crippen LogP) is 3.15. The lowest BCUT2D eigenvalue weighted by atomic mass is 10.0. The van der Waals surface area contributed by atoms with E-state index in [2.05, 4.69) is 15.3 Å². The summed E-state index contributed by atoms with van der Waals surface area (Å²) in [6, 6.07) is 15.2. The highest BCUT2D eigenvalue weighted by atomic mass is 19.1. The van der Waals surface area contributed by atoms with Gasteiger partial charge >= 0.3 is 0 Å². The van der Waals surface area contributed by atoms with Gasteiger partial charge in [-0.1, -0.05) is 0 Å². The van der Waals surface area contributed by atoms with Crippen molar-refractivity contribution in [1.29, 1.82) is 0 Å². The number of aliphatic hydroxyl groups excluding tert-OH is 1. The van der Waals surface area contributed by atoms with E-state index >= 15 is 0 Å². The Morgan fingerprint density at radius 1 is 1.08 bits per heavy atom. The molecule has 1 aliphatic rings. The van der Waals surface area contributed by atoms with Crippen LogP contribution < -0.4 is 20.7 Å². The molecular weight excluding hydrogens is 493 g/mol. The average molecular weight is 518 g/mol. The number of carbonyl (C=O) groups is 3. The van der Waals surface area contributed by atoms with Gasteiger partial charge in [-0.15, -0.1) is 0 Å². The van der Waals surface area contributed by atoms with Crippen molar-refractivity contribution in [1.82, 2.24) is 15.3 Å². The van der Waals surface area contributed by atoms with E-state index in [9.17, 15) is 18.8 Å². The van der Waals surface area contributed by atoms with Crippen molar-refractivity contribution >= 4 is 40.1 Å². The molecule has 5 rings (SSSR count). The maximum absolute atomic E-state index is 13.6. The number of carbonyl (C=O) groups excluding carboxylic acids is 3. The summed E-state index contributed by atoms with van der Waals surface area (Å²) in [6.07, 6.45) is 2.25. The molecular formula is C27H24FN5O5. The molecule has 38 heavy (non-hydrogen) atoms. The number of anilines is 2. The molecule has 10 nitrogen and oxygen atoms in total. The summed E-state index contributed by atoms with van der Waals surface area (Å²) >= 11 is 0. The van der Waals surface area contributed by atoms with Crippen molar-refractivity contribution in [2.45, 2.75) is 12.8 Å². The highest BCUT2D eigenvalue weighted by molar-refractivity contribution is 6.16. The minimum atomic E-state index is -1.28. The molecule has 5 N–H and O–H groups in total. The van der Waals surface area contributed by atoms with Crippen LogP contribution in [-0.2, 0) is 9.59 Å². The normalized spacial score (nSPS) is 13.6. The second-order valence-corrected chi connectivity index (χ2v) is 8.89. The minimum absolute atomic E-state index is 0.120. The Bertz CT molecular complexity index is 1510. The number of fused-ring (bicyclic) bond motifs is 1. The molecule has 194 valence electrons. The Balaban J connectivity index is 1.43. The zero-order valence-corrected chi connectivity index (χ0v) is 20.1. The minimum Gasteiger partial charge on any atom is -0.457 e. The summed E-state index contributed by atoms with van der Waals surface area (Å²) in [5, 5.41) is 12.1. The zero-order valence-electron chi connectivity index (χ0n) is 20.1. The topological polar surface area (TPSA) is 151 Å². The number of H-pyrrole nitrogens is 1. The first-order valence-corrected chi connectivity index (χ1v) is 11.9. The van der Waals surface area contributed by atoms with E-state index in [1.54, 1.807) is 36.4 Å². The van der Waals surface area contributed by atoms with Crippen molar-refractivity contribution in [3.8, 4) is 11.5 Å². The van der Waals surface area contributed by atoms with Crippen LogP contribution in [0.25, 0.3) is 11.0 Å². The lowest BCUT2D eigenvalue weighted by Gasteiger charge is -2.26. The number of nitrogens with zero attached hydrogens (tertiary/aromatic N) is 2. The van der Waals surface area contributed by atoms with E-state index in [4.69, 9.17) is 15.6 Å². The van der Waals surface area contributed by atoms with Gasteiger partial charge in [0.05, 0.1) is 12.0 Å². The number of primary amides is 1. The van der Waals surface area contributed by atoms with Crippen molar-refractivity contribution in [3.05, 3.63) is 78.4 Å². The third kappa shape index (κ3) is 4.66. The van der Waals surface area contributed by atoms with Crippen molar-refractivity contribution < 1.29 is 28.6 Å². The Kier molecular flexibility index (Phi) is 6.52. The molecule has 0 unspecified atom stereocenters. The number of hydrogen-bond acceptors (Lipinski definition) is 6. The first kappa shape index (κ1) is 24.9. The first-order valence-electron chi connectivity index (χ1n) is 11.9. The van der Waals surface area contributed by atoms with E-state index in [-0.39, 0.29) is 24.8 Å². The number of aromatic amines is 1. The molecule has 1 saturated carbocycles. The first-order chi connectivity index (χ1) is 18.3. The van der Waals surface area contributed by atoms with Gasteiger partial charge in [0.15, 0.2) is 0 Å². The number of rotatable bonds is 9. The van der Waals surface area contributed by atoms with Gasteiger partial charge < -0.3 is 25.9 Å². The van der Waals surface area contributed by atoms with Crippen LogP contribution in [-0.4, -0.2) is 45.9 Å². The number of nitrogens with one attached hydrogen (secondary N) is 2. The molecule has 0 saturated heterocycles. The van der Waals surface area contributed by atoms with E-state index in [0.717, 1.165) is 0 Å². The van der Waals surface area contributed by atoms with Crippen LogP contribution in [0.1, 0.15) is 23.3 Å². The Labute approximate surface area is 216 Å². The summed E-state index contributed by atoms with van der Waals surface area (Å²) in [6.45, 7) is -0.0579. The Morgan fingerprint density at radius 2 is 1.74 bits per heavy atom. The summed E-state index contributed by atoms with van der Waals surface area (Å²) in [7, 11) is 0. The molecule has 4 aromatic rings. The fourth-order valence-corrected chi connectivity index (χ4v) is 4.15. The number of pyridine rings is 1. The van der Waals surface area contributed by atoms with Crippen molar-refractivity contribution in [2.75, 3.05) is 18.1 Å². The average Bonchev–Trinajstić information content (AvgIpc) is 3.62. The van der Waals surface area contributed by atoms with Crippen LogP contribution in [0, 0.1) is 11.2 Å². The maximum atomic E-state index is 13.6. The highest BCUT2D eigenvalue weighted by Gasteiger charge is 2.57. The summed E-state index contributed by atoms with van der Waals surface area (Å²) < 4.78 is 19.6. The quantitative estimate of drug-likeness (QED) is 0.251. The van der Waals surface area contributed by atoms with Crippen LogP contribution in [0.2, 0.25) is 0 Å². The van der Waals surface area contributed by atoms with Crippen molar-refractivity contribution in [3.63, 3.8) is 0 Å². The van der Waals surface area contributed by atoms with E-state index in [1.807, 2.05) is 0 Å². The third-order valence-electron chi connectivity index (χ3n) is 6.38. The third-order valence-corrected chi connectivity index (χ3v) is 6.38. The molecule has 0 bridgehead atoms. The summed E-state index contributed by atoms with van der Waals surface area (Å²) in [4.78, 5) is 46.3. The summed E-state index contributed by atoms with van der Waals surface area (Å²) in [5.74, 6) is -1.12. The highest BCUT2D eigenvalue weighted by Crippen LogP contribution is 2.49. The molecule has 2 heterocycles. The molecule has 11 heteroatoms. The number of ether oxygens (including phenoxy) is 1. The number of aromatic nitrogens is 2. The van der Waals surface area contributed by atoms with Gasteiger partial charge in [-0.2, -0.15) is 0 Å². The van der Waals surface area contributed by atoms with Crippen LogP contribution in [0.4, 0.5) is 15.8 Å². The SMILES string of the molecule is NC(=O)C1(C(=O)N(c2ccc(F)cc2)c2ccc(Oc3ccnc4[nH]c(C(=O)NCCO)cc34)cc2)CC1. The standard InChI is InChI=1S/C27H24FN5O5/c28-16-1-3-17(4-2-16)33(26(37)27(10-11-27)25(29)36)18-5-7-19(8-6-18)38-22-9-12-30-23-20(22)15-21(32-23)24(35)31-13-14-34/h1-9,12,15,34H,10-11,13-14H2,(H2,29,36)(H,30,32)(H,31,35). The molecule has 0 radical (unpaired) electrons. The molecule has 1 aliphatic carbocycles. The Hall–Kier alpha value is -4.77. The molecule has 0 aliphatic heterocycles. The lowest BCUT2D eigenvalue weighted by Crippen LogP contribution is -2.41. The van der Waals surface area contributed by atoms with Gasteiger partial charge in [-0.25, -0.2) is 9.37 Å². The monoisotopic (exact) mass is 517 g/mol. The van der Waals surface area contributed by atoms with Crippen molar-refractivity contribution in [2.24, 2.45) is 11.1 Å².